The van der Waals surface area contributed by atoms with E-state index in [1.165, 1.54) is 4.31 Å². The number of rotatable bonds is 3. The molecule has 2 aliphatic heterocycles. The highest BCUT2D eigenvalue weighted by atomic mass is 32.2. The maximum absolute atomic E-state index is 12.6. The van der Waals surface area contributed by atoms with Crippen LogP contribution < -0.4 is 10.6 Å². The monoisotopic (exact) mass is 295 g/mol. The summed E-state index contributed by atoms with van der Waals surface area (Å²) in [5.74, 6) is -0.0945. The molecule has 2 aliphatic rings. The van der Waals surface area contributed by atoms with Crippen molar-refractivity contribution in [3.63, 3.8) is 0 Å². The van der Waals surface area contributed by atoms with E-state index in [0.29, 0.717) is 12.2 Å². The molecular weight excluding hydrogens is 278 g/mol. The Balaban J connectivity index is 1.92. The number of amides is 1. The number of hydrogen-bond acceptors (Lipinski definition) is 4. The van der Waals surface area contributed by atoms with Crippen LogP contribution in [-0.4, -0.2) is 44.8 Å². The van der Waals surface area contributed by atoms with Crippen molar-refractivity contribution < 1.29 is 13.2 Å². The topological polar surface area (TPSA) is 78.5 Å². The molecule has 1 fully saturated rings. The third-order valence-electron chi connectivity index (χ3n) is 3.93. The molecule has 6 nitrogen and oxygen atoms in total. The fourth-order valence-electron chi connectivity index (χ4n) is 2.68. The van der Waals surface area contributed by atoms with E-state index in [-0.39, 0.29) is 23.3 Å². The van der Waals surface area contributed by atoms with Gasteiger partial charge >= 0.3 is 0 Å². The molecule has 1 aromatic carbocycles. The molecule has 2 N–H and O–H groups in total. The fraction of sp³-hybridized carbons (Fsp3) is 0.462. The predicted molar refractivity (Wildman–Crippen MR) is 75.0 cm³/mol. The van der Waals surface area contributed by atoms with Crippen LogP contribution in [0.25, 0.3) is 0 Å². The SMILES string of the molecule is CN(C1CCNC1)S(=O)(=O)c1ccc2c(c1)CC(=O)N2. The van der Waals surface area contributed by atoms with E-state index in [2.05, 4.69) is 10.6 Å². The lowest BCUT2D eigenvalue weighted by atomic mass is 10.2. The van der Waals surface area contributed by atoms with Crippen molar-refractivity contribution in [2.75, 3.05) is 25.5 Å². The van der Waals surface area contributed by atoms with Gasteiger partial charge in [0.25, 0.3) is 0 Å². The summed E-state index contributed by atoms with van der Waals surface area (Å²) in [5.41, 5.74) is 1.45. The van der Waals surface area contributed by atoms with Crippen LogP contribution in [-0.2, 0) is 21.2 Å². The molecule has 0 aliphatic carbocycles. The summed E-state index contributed by atoms with van der Waals surface area (Å²) in [6.07, 6.45) is 1.06. The van der Waals surface area contributed by atoms with Gasteiger partial charge in [-0.25, -0.2) is 8.42 Å². The van der Waals surface area contributed by atoms with E-state index < -0.39 is 10.0 Å². The van der Waals surface area contributed by atoms with Crippen molar-refractivity contribution in [2.45, 2.75) is 23.8 Å². The highest BCUT2D eigenvalue weighted by Gasteiger charge is 2.31. The zero-order valence-electron chi connectivity index (χ0n) is 11.2. The molecule has 108 valence electrons. The molecule has 1 atom stereocenters. The second kappa shape index (κ2) is 4.83. The summed E-state index contributed by atoms with van der Waals surface area (Å²) in [4.78, 5) is 11.6. The molecular formula is C13H17N3O3S. The Morgan fingerprint density at radius 3 is 2.85 bits per heavy atom. The van der Waals surface area contributed by atoms with Crippen LogP contribution in [0.4, 0.5) is 5.69 Å². The Kier molecular flexibility index (Phi) is 3.27. The lowest BCUT2D eigenvalue weighted by Gasteiger charge is -2.23. The summed E-state index contributed by atoms with van der Waals surface area (Å²) >= 11 is 0. The van der Waals surface area contributed by atoms with Crippen molar-refractivity contribution in [3.8, 4) is 0 Å². The van der Waals surface area contributed by atoms with Gasteiger partial charge in [-0.05, 0) is 36.7 Å². The molecule has 3 rings (SSSR count). The zero-order chi connectivity index (χ0) is 14.3. The number of likely N-dealkylation sites (N-methyl/N-ethyl adjacent to an activating group) is 1. The first-order valence-electron chi connectivity index (χ1n) is 6.60. The number of hydrogen-bond donors (Lipinski definition) is 2. The highest BCUT2D eigenvalue weighted by Crippen LogP contribution is 2.28. The third kappa shape index (κ3) is 2.21. The Bertz CT molecular complexity index is 651. The molecule has 7 heteroatoms. The normalized spacial score (nSPS) is 22.1. The number of fused-ring (bicyclic) bond motifs is 1. The maximum Gasteiger partial charge on any atom is 0.243 e. The average molecular weight is 295 g/mol. The van der Waals surface area contributed by atoms with Crippen LogP contribution in [0.1, 0.15) is 12.0 Å². The number of nitrogens with zero attached hydrogens (tertiary/aromatic N) is 1. The summed E-state index contributed by atoms with van der Waals surface area (Å²) in [6, 6.07) is 4.81. The highest BCUT2D eigenvalue weighted by molar-refractivity contribution is 7.89. The van der Waals surface area contributed by atoms with Crippen molar-refractivity contribution in [1.29, 1.82) is 0 Å². The Morgan fingerprint density at radius 1 is 1.35 bits per heavy atom. The molecule has 0 saturated carbocycles. The zero-order valence-corrected chi connectivity index (χ0v) is 12.0. The van der Waals surface area contributed by atoms with Gasteiger partial charge in [0.05, 0.1) is 11.3 Å². The van der Waals surface area contributed by atoms with Gasteiger partial charge in [0.1, 0.15) is 0 Å². The minimum absolute atomic E-state index is 0.00647. The Labute approximate surface area is 118 Å². The standard InChI is InChI=1S/C13H17N3O3S/c1-16(10-4-5-14-8-10)20(18,19)11-2-3-12-9(6-11)7-13(17)15-12/h2-3,6,10,14H,4-5,7-8H2,1H3,(H,15,17). The van der Waals surface area contributed by atoms with Crippen molar-refractivity contribution >= 4 is 21.6 Å². The molecule has 0 bridgehead atoms. The largest absolute Gasteiger partial charge is 0.326 e. The molecule has 0 radical (unpaired) electrons. The summed E-state index contributed by atoms with van der Waals surface area (Å²) in [6.45, 7) is 1.52. The summed E-state index contributed by atoms with van der Waals surface area (Å²) in [5, 5.41) is 5.87. The molecule has 1 saturated heterocycles. The van der Waals surface area contributed by atoms with Crippen molar-refractivity contribution in [2.24, 2.45) is 0 Å². The lowest BCUT2D eigenvalue weighted by molar-refractivity contribution is -0.115. The van der Waals surface area contributed by atoms with E-state index in [1.807, 2.05) is 0 Å². The first kappa shape index (κ1) is 13.5. The number of carbonyl (C=O) groups excluding carboxylic acids is 1. The summed E-state index contributed by atoms with van der Waals surface area (Å²) in [7, 11) is -1.89. The van der Waals surface area contributed by atoms with E-state index >= 15 is 0 Å². The molecule has 0 aromatic heterocycles. The molecule has 1 unspecified atom stereocenters. The number of carbonyl (C=O) groups is 1. The van der Waals surface area contributed by atoms with Gasteiger partial charge in [0.2, 0.25) is 15.9 Å². The van der Waals surface area contributed by atoms with E-state index in [0.717, 1.165) is 18.5 Å². The number of nitrogens with one attached hydrogen (secondary N) is 2. The summed E-state index contributed by atoms with van der Waals surface area (Å²) < 4.78 is 26.6. The van der Waals surface area contributed by atoms with Crippen LogP contribution >= 0.6 is 0 Å². The Hall–Kier alpha value is -1.44. The van der Waals surface area contributed by atoms with Crippen molar-refractivity contribution in [1.82, 2.24) is 9.62 Å². The predicted octanol–water partition coefficient (Wildman–Crippen LogP) is 0.164. The van der Waals surface area contributed by atoms with Crippen LogP contribution in [0.5, 0.6) is 0 Å². The van der Waals surface area contributed by atoms with Crippen molar-refractivity contribution in [3.05, 3.63) is 23.8 Å². The van der Waals surface area contributed by atoms with E-state index in [1.54, 1.807) is 25.2 Å². The molecule has 20 heavy (non-hydrogen) atoms. The van der Waals surface area contributed by atoms with Gasteiger partial charge < -0.3 is 10.6 Å². The first-order valence-corrected chi connectivity index (χ1v) is 8.04. The van der Waals surface area contributed by atoms with Crippen LogP contribution in [0.2, 0.25) is 0 Å². The number of anilines is 1. The van der Waals surface area contributed by atoms with Crippen LogP contribution in [0, 0.1) is 0 Å². The van der Waals surface area contributed by atoms with E-state index in [9.17, 15) is 13.2 Å². The van der Waals surface area contributed by atoms with E-state index in [4.69, 9.17) is 0 Å². The maximum atomic E-state index is 12.6. The van der Waals surface area contributed by atoms with Gasteiger partial charge in [-0.3, -0.25) is 4.79 Å². The lowest BCUT2D eigenvalue weighted by Crippen LogP contribution is -2.38. The third-order valence-corrected chi connectivity index (χ3v) is 5.83. The smallest absolute Gasteiger partial charge is 0.243 e. The Morgan fingerprint density at radius 2 is 2.15 bits per heavy atom. The first-order chi connectivity index (χ1) is 9.48. The van der Waals surface area contributed by atoms with Gasteiger partial charge in [0, 0.05) is 25.3 Å². The van der Waals surface area contributed by atoms with Crippen LogP contribution in [0.15, 0.2) is 23.1 Å². The van der Waals surface area contributed by atoms with Gasteiger partial charge in [-0.2, -0.15) is 4.31 Å². The minimum atomic E-state index is -3.51. The van der Waals surface area contributed by atoms with Gasteiger partial charge in [-0.15, -0.1) is 0 Å². The average Bonchev–Trinajstić information content (AvgIpc) is 3.04. The molecule has 1 amide bonds. The minimum Gasteiger partial charge on any atom is -0.326 e. The quantitative estimate of drug-likeness (QED) is 0.833. The molecule has 0 spiro atoms. The van der Waals surface area contributed by atoms with Gasteiger partial charge in [-0.1, -0.05) is 0 Å². The second-order valence-corrected chi connectivity index (χ2v) is 7.21. The van der Waals surface area contributed by atoms with Gasteiger partial charge in [0.15, 0.2) is 0 Å². The number of benzene rings is 1. The fourth-order valence-corrected chi connectivity index (χ4v) is 4.11. The number of sulfonamides is 1. The molecule has 1 aromatic rings. The molecule has 2 heterocycles. The van der Waals surface area contributed by atoms with Crippen LogP contribution in [0.3, 0.4) is 0 Å². The second-order valence-electron chi connectivity index (χ2n) is 5.21.